The van der Waals surface area contributed by atoms with Crippen molar-refractivity contribution in [2.75, 3.05) is 59.5 Å². The third-order valence-corrected chi connectivity index (χ3v) is 4.39. The van der Waals surface area contributed by atoms with Gasteiger partial charge >= 0.3 is 0 Å². The maximum atomic E-state index is 5.68. The molecule has 0 aromatic heterocycles. The standard InChI is InChI=1S/C15H31N3O/c1-14(2)19-12-11-17-6-4-5-15(13-17)18-9-7-16(3)8-10-18/h14-15H,4-13H2,1-3H3. The van der Waals surface area contributed by atoms with Crippen molar-refractivity contribution in [2.24, 2.45) is 0 Å². The number of piperidine rings is 1. The van der Waals surface area contributed by atoms with Crippen LogP contribution in [0.15, 0.2) is 0 Å². The van der Waals surface area contributed by atoms with E-state index in [-0.39, 0.29) is 0 Å². The van der Waals surface area contributed by atoms with Crippen LogP contribution in [-0.2, 0) is 4.74 Å². The Kier molecular flexibility index (Phi) is 6.07. The number of rotatable bonds is 5. The quantitative estimate of drug-likeness (QED) is 0.744. The van der Waals surface area contributed by atoms with Gasteiger partial charge < -0.3 is 9.64 Å². The first-order valence-electron chi connectivity index (χ1n) is 7.91. The van der Waals surface area contributed by atoms with Crippen LogP contribution in [0.3, 0.4) is 0 Å². The summed E-state index contributed by atoms with van der Waals surface area (Å²) in [5, 5.41) is 0. The van der Waals surface area contributed by atoms with E-state index in [0.29, 0.717) is 6.10 Å². The van der Waals surface area contributed by atoms with Gasteiger partial charge in [0.2, 0.25) is 0 Å². The predicted molar refractivity (Wildman–Crippen MR) is 79.6 cm³/mol. The molecule has 2 heterocycles. The fourth-order valence-corrected chi connectivity index (χ4v) is 3.14. The van der Waals surface area contributed by atoms with Crippen molar-refractivity contribution in [1.29, 1.82) is 0 Å². The van der Waals surface area contributed by atoms with E-state index in [0.717, 1.165) is 19.2 Å². The van der Waals surface area contributed by atoms with E-state index in [1.807, 2.05) is 0 Å². The normalized spacial score (nSPS) is 28.1. The summed E-state index contributed by atoms with van der Waals surface area (Å²) in [5.41, 5.74) is 0. The second kappa shape index (κ2) is 7.58. The van der Waals surface area contributed by atoms with Gasteiger partial charge in [-0.05, 0) is 40.3 Å². The number of likely N-dealkylation sites (tertiary alicyclic amines) is 1. The molecular weight excluding hydrogens is 238 g/mol. The second-order valence-corrected chi connectivity index (χ2v) is 6.36. The first kappa shape index (κ1) is 15.2. The summed E-state index contributed by atoms with van der Waals surface area (Å²) in [4.78, 5) is 7.73. The topological polar surface area (TPSA) is 19.0 Å². The molecule has 0 N–H and O–H groups in total. The molecule has 0 bridgehead atoms. The highest BCUT2D eigenvalue weighted by Crippen LogP contribution is 2.17. The molecule has 2 fully saturated rings. The van der Waals surface area contributed by atoms with Crippen molar-refractivity contribution >= 4 is 0 Å². The third-order valence-electron chi connectivity index (χ3n) is 4.39. The molecule has 0 aromatic rings. The minimum Gasteiger partial charge on any atom is -0.377 e. The molecule has 2 rings (SSSR count). The lowest BCUT2D eigenvalue weighted by molar-refractivity contribution is 0.0283. The molecule has 0 spiro atoms. The maximum Gasteiger partial charge on any atom is 0.0596 e. The van der Waals surface area contributed by atoms with Crippen LogP contribution in [0, 0.1) is 0 Å². The summed E-state index contributed by atoms with van der Waals surface area (Å²) in [7, 11) is 2.23. The molecule has 0 amide bonds. The lowest BCUT2D eigenvalue weighted by atomic mass is 10.0. The van der Waals surface area contributed by atoms with Crippen molar-refractivity contribution in [1.82, 2.24) is 14.7 Å². The Bertz CT molecular complexity index is 252. The highest BCUT2D eigenvalue weighted by molar-refractivity contribution is 4.83. The summed E-state index contributed by atoms with van der Waals surface area (Å²) >= 11 is 0. The van der Waals surface area contributed by atoms with Crippen molar-refractivity contribution < 1.29 is 4.74 Å². The fourth-order valence-electron chi connectivity index (χ4n) is 3.14. The minimum atomic E-state index is 0.359. The Labute approximate surface area is 118 Å². The Morgan fingerprint density at radius 3 is 2.53 bits per heavy atom. The van der Waals surface area contributed by atoms with E-state index in [4.69, 9.17) is 4.74 Å². The van der Waals surface area contributed by atoms with Gasteiger partial charge in [0.05, 0.1) is 12.7 Å². The van der Waals surface area contributed by atoms with Crippen LogP contribution >= 0.6 is 0 Å². The van der Waals surface area contributed by atoms with Crippen molar-refractivity contribution in [3.63, 3.8) is 0 Å². The Balaban J connectivity index is 1.71. The number of piperazine rings is 1. The molecule has 0 aromatic carbocycles. The average molecular weight is 269 g/mol. The number of likely N-dealkylation sites (N-methyl/N-ethyl adjacent to an activating group) is 1. The fraction of sp³-hybridized carbons (Fsp3) is 1.00. The van der Waals surface area contributed by atoms with Crippen molar-refractivity contribution in [3.05, 3.63) is 0 Å². The number of hydrogen-bond acceptors (Lipinski definition) is 4. The highest BCUT2D eigenvalue weighted by Gasteiger charge is 2.26. The van der Waals surface area contributed by atoms with Gasteiger partial charge in [0.15, 0.2) is 0 Å². The number of hydrogen-bond donors (Lipinski definition) is 0. The van der Waals surface area contributed by atoms with Crippen LogP contribution in [0.2, 0.25) is 0 Å². The van der Waals surface area contributed by atoms with Crippen LogP contribution in [0.25, 0.3) is 0 Å². The van der Waals surface area contributed by atoms with E-state index < -0.39 is 0 Å². The van der Waals surface area contributed by atoms with Gasteiger partial charge in [0.25, 0.3) is 0 Å². The van der Waals surface area contributed by atoms with Crippen LogP contribution < -0.4 is 0 Å². The molecule has 1 atom stereocenters. The zero-order chi connectivity index (χ0) is 13.7. The van der Waals surface area contributed by atoms with E-state index in [1.54, 1.807) is 0 Å². The molecule has 0 saturated carbocycles. The molecule has 0 radical (unpaired) electrons. The van der Waals surface area contributed by atoms with Gasteiger partial charge in [-0.1, -0.05) is 0 Å². The molecule has 2 aliphatic rings. The molecule has 1 unspecified atom stereocenters. The molecule has 0 aliphatic carbocycles. The first-order chi connectivity index (χ1) is 9.15. The van der Waals surface area contributed by atoms with Gasteiger partial charge in [-0.3, -0.25) is 9.80 Å². The molecule has 4 heteroatoms. The zero-order valence-corrected chi connectivity index (χ0v) is 13.0. The summed E-state index contributed by atoms with van der Waals surface area (Å²) < 4.78 is 5.68. The van der Waals surface area contributed by atoms with Crippen molar-refractivity contribution in [2.45, 2.75) is 38.8 Å². The van der Waals surface area contributed by atoms with Gasteiger partial charge in [-0.15, -0.1) is 0 Å². The molecule has 112 valence electrons. The van der Waals surface area contributed by atoms with Gasteiger partial charge in [0, 0.05) is 45.3 Å². The molecule has 4 nitrogen and oxygen atoms in total. The lowest BCUT2D eigenvalue weighted by Crippen LogP contribution is -2.54. The van der Waals surface area contributed by atoms with E-state index >= 15 is 0 Å². The zero-order valence-electron chi connectivity index (χ0n) is 13.0. The molecule has 19 heavy (non-hydrogen) atoms. The summed E-state index contributed by atoms with van der Waals surface area (Å²) in [6, 6.07) is 0.779. The monoisotopic (exact) mass is 269 g/mol. The van der Waals surface area contributed by atoms with E-state index in [1.165, 1.54) is 52.1 Å². The predicted octanol–water partition coefficient (Wildman–Crippen LogP) is 1.12. The third kappa shape index (κ3) is 5.03. The second-order valence-electron chi connectivity index (χ2n) is 6.36. The van der Waals surface area contributed by atoms with Gasteiger partial charge in [-0.2, -0.15) is 0 Å². The summed E-state index contributed by atoms with van der Waals surface area (Å²) in [5.74, 6) is 0. The van der Waals surface area contributed by atoms with Gasteiger partial charge in [-0.25, -0.2) is 0 Å². The van der Waals surface area contributed by atoms with Gasteiger partial charge in [0.1, 0.15) is 0 Å². The number of nitrogens with zero attached hydrogens (tertiary/aromatic N) is 3. The Morgan fingerprint density at radius 2 is 1.84 bits per heavy atom. The number of ether oxygens (including phenoxy) is 1. The minimum absolute atomic E-state index is 0.359. The first-order valence-corrected chi connectivity index (χ1v) is 7.91. The smallest absolute Gasteiger partial charge is 0.0596 e. The summed E-state index contributed by atoms with van der Waals surface area (Å²) in [6.07, 6.45) is 3.09. The SMILES string of the molecule is CC(C)OCCN1CCCC(N2CCN(C)CC2)C1. The Hall–Kier alpha value is -0.160. The highest BCUT2D eigenvalue weighted by atomic mass is 16.5. The molecule has 2 saturated heterocycles. The molecular formula is C15H31N3O. The van der Waals surface area contributed by atoms with E-state index in [2.05, 4.69) is 35.6 Å². The average Bonchev–Trinajstić information content (AvgIpc) is 2.39. The van der Waals surface area contributed by atoms with Crippen LogP contribution in [0.1, 0.15) is 26.7 Å². The summed E-state index contributed by atoms with van der Waals surface area (Å²) in [6.45, 7) is 13.7. The molecule has 2 aliphatic heterocycles. The maximum absolute atomic E-state index is 5.68. The largest absolute Gasteiger partial charge is 0.377 e. The van der Waals surface area contributed by atoms with E-state index in [9.17, 15) is 0 Å². The van der Waals surface area contributed by atoms with Crippen molar-refractivity contribution in [3.8, 4) is 0 Å². The van der Waals surface area contributed by atoms with Crippen LogP contribution in [-0.4, -0.2) is 86.3 Å². The Morgan fingerprint density at radius 1 is 1.11 bits per heavy atom. The van der Waals surface area contributed by atoms with Crippen LogP contribution in [0.5, 0.6) is 0 Å². The lowest BCUT2D eigenvalue weighted by Gasteiger charge is -2.42. The van der Waals surface area contributed by atoms with Crippen LogP contribution in [0.4, 0.5) is 0 Å².